The highest BCUT2D eigenvalue weighted by Gasteiger charge is 2.21. The Kier molecular flexibility index (Phi) is 7.96. The molecule has 1 atom stereocenters. The topological polar surface area (TPSA) is 50.8 Å². The van der Waals surface area contributed by atoms with E-state index in [1.54, 1.807) is 7.11 Å². The molecule has 5 nitrogen and oxygen atoms in total. The van der Waals surface area contributed by atoms with E-state index in [1.165, 1.54) is 6.42 Å². The van der Waals surface area contributed by atoms with Crippen LogP contribution in [0, 0.1) is 0 Å². The van der Waals surface area contributed by atoms with E-state index in [0.29, 0.717) is 25.8 Å². The maximum absolute atomic E-state index is 12.0. The minimum absolute atomic E-state index is 0.0641. The highest BCUT2D eigenvalue weighted by Crippen LogP contribution is 2.07. The van der Waals surface area contributed by atoms with E-state index in [0.717, 1.165) is 25.9 Å². The number of nitrogens with one attached hydrogen (secondary N) is 1. The molecule has 0 aliphatic carbocycles. The number of nitrogens with zero attached hydrogens (tertiary/aromatic N) is 1. The van der Waals surface area contributed by atoms with Crippen LogP contribution < -0.4 is 5.32 Å². The van der Waals surface area contributed by atoms with Crippen molar-refractivity contribution in [1.29, 1.82) is 0 Å². The zero-order valence-electron chi connectivity index (χ0n) is 11.6. The van der Waals surface area contributed by atoms with Gasteiger partial charge in [0.1, 0.15) is 6.61 Å². The first-order valence-electron chi connectivity index (χ1n) is 6.85. The molecule has 1 saturated heterocycles. The lowest BCUT2D eigenvalue weighted by Gasteiger charge is -2.25. The van der Waals surface area contributed by atoms with Gasteiger partial charge in [0, 0.05) is 32.8 Å². The van der Waals surface area contributed by atoms with Gasteiger partial charge in [-0.2, -0.15) is 0 Å². The molecule has 1 aliphatic heterocycles. The molecule has 0 bridgehead atoms. The Balaban J connectivity index is 2.34. The molecule has 1 fully saturated rings. The van der Waals surface area contributed by atoms with Crippen LogP contribution in [-0.2, 0) is 14.3 Å². The fourth-order valence-corrected chi connectivity index (χ4v) is 2.09. The number of hydrogen-bond acceptors (Lipinski definition) is 4. The van der Waals surface area contributed by atoms with E-state index < -0.39 is 0 Å². The summed E-state index contributed by atoms with van der Waals surface area (Å²) < 4.78 is 10.4. The lowest BCUT2D eigenvalue weighted by Crippen LogP contribution is -2.44. The van der Waals surface area contributed by atoms with Crippen LogP contribution in [0.4, 0.5) is 0 Å². The summed E-state index contributed by atoms with van der Waals surface area (Å²) in [5.74, 6) is 0.0641. The molecule has 0 aromatic heterocycles. The monoisotopic (exact) mass is 258 g/mol. The van der Waals surface area contributed by atoms with Crippen molar-refractivity contribution < 1.29 is 14.3 Å². The first-order valence-corrected chi connectivity index (χ1v) is 6.85. The second kappa shape index (κ2) is 9.30. The molecule has 1 heterocycles. The number of amides is 1. The first-order chi connectivity index (χ1) is 8.77. The lowest BCUT2D eigenvalue weighted by atomic mass is 10.2. The Morgan fingerprint density at radius 3 is 2.89 bits per heavy atom. The number of methoxy groups -OCH3 is 1. The van der Waals surface area contributed by atoms with Gasteiger partial charge in [0.15, 0.2) is 0 Å². The summed E-state index contributed by atoms with van der Waals surface area (Å²) >= 11 is 0. The van der Waals surface area contributed by atoms with Crippen LogP contribution >= 0.6 is 0 Å². The third-order valence-corrected chi connectivity index (χ3v) is 3.10. The maximum atomic E-state index is 12.0. The fraction of sp³-hybridized carbons (Fsp3) is 0.923. The van der Waals surface area contributed by atoms with Crippen molar-refractivity contribution in [1.82, 2.24) is 10.2 Å². The van der Waals surface area contributed by atoms with Crippen molar-refractivity contribution >= 4 is 5.91 Å². The molecule has 5 heteroatoms. The van der Waals surface area contributed by atoms with Crippen LogP contribution in [0.15, 0.2) is 0 Å². The van der Waals surface area contributed by atoms with E-state index in [1.807, 2.05) is 11.8 Å². The minimum atomic E-state index is 0.0641. The van der Waals surface area contributed by atoms with Gasteiger partial charge in [-0.15, -0.1) is 0 Å². The summed E-state index contributed by atoms with van der Waals surface area (Å²) in [5.41, 5.74) is 0. The van der Waals surface area contributed by atoms with Gasteiger partial charge in [-0.25, -0.2) is 0 Å². The molecular formula is C13H26N2O3. The molecule has 18 heavy (non-hydrogen) atoms. The molecular weight excluding hydrogens is 232 g/mol. The Bertz CT molecular complexity index is 230. The minimum Gasteiger partial charge on any atom is -0.383 e. The third kappa shape index (κ3) is 5.80. The summed E-state index contributed by atoms with van der Waals surface area (Å²) in [5, 5.41) is 3.41. The molecule has 1 unspecified atom stereocenters. The van der Waals surface area contributed by atoms with Crippen LogP contribution in [0.2, 0.25) is 0 Å². The van der Waals surface area contributed by atoms with E-state index in [4.69, 9.17) is 9.47 Å². The van der Waals surface area contributed by atoms with Crippen LogP contribution in [0.1, 0.15) is 26.2 Å². The normalized spacial score (nSPS) is 19.1. The van der Waals surface area contributed by atoms with E-state index in [-0.39, 0.29) is 12.5 Å². The molecule has 0 aromatic carbocycles. The number of carbonyl (C=O) groups is 1. The van der Waals surface area contributed by atoms with Gasteiger partial charge in [0.2, 0.25) is 5.91 Å². The lowest BCUT2D eigenvalue weighted by molar-refractivity contribution is -0.137. The highest BCUT2D eigenvalue weighted by atomic mass is 16.5. The zero-order chi connectivity index (χ0) is 13.2. The molecule has 1 rings (SSSR count). The van der Waals surface area contributed by atoms with E-state index >= 15 is 0 Å². The highest BCUT2D eigenvalue weighted by molar-refractivity contribution is 5.77. The van der Waals surface area contributed by atoms with Gasteiger partial charge in [-0.1, -0.05) is 6.92 Å². The molecule has 0 spiro atoms. The predicted octanol–water partition coefficient (Wildman–Crippen LogP) is 0.640. The maximum Gasteiger partial charge on any atom is 0.248 e. The van der Waals surface area contributed by atoms with Crippen molar-refractivity contribution in [3.05, 3.63) is 0 Å². The molecule has 0 radical (unpaired) electrons. The van der Waals surface area contributed by atoms with Gasteiger partial charge in [0.25, 0.3) is 0 Å². The Labute approximate surface area is 110 Å². The first kappa shape index (κ1) is 15.4. The molecule has 1 N–H and O–H groups in total. The van der Waals surface area contributed by atoms with Crippen LogP contribution in [-0.4, -0.2) is 63.4 Å². The number of ether oxygens (including phenoxy) is 2. The molecule has 106 valence electrons. The average molecular weight is 258 g/mol. The van der Waals surface area contributed by atoms with Gasteiger partial charge in [0.05, 0.1) is 6.61 Å². The molecule has 0 saturated carbocycles. The van der Waals surface area contributed by atoms with E-state index in [9.17, 15) is 4.79 Å². The summed E-state index contributed by atoms with van der Waals surface area (Å²) in [4.78, 5) is 13.9. The van der Waals surface area contributed by atoms with Crippen molar-refractivity contribution in [2.75, 3.05) is 46.6 Å². The average Bonchev–Trinajstić information content (AvgIpc) is 2.87. The van der Waals surface area contributed by atoms with Crippen LogP contribution in [0.3, 0.4) is 0 Å². The second-order valence-electron chi connectivity index (χ2n) is 4.68. The standard InChI is InChI=1S/C13H26N2O3/c1-3-8-18-11-13(16)15(7-9-17-2)10-12-5-4-6-14-12/h12,14H,3-11H2,1-2H3. The summed E-state index contributed by atoms with van der Waals surface area (Å²) in [7, 11) is 1.66. The quantitative estimate of drug-likeness (QED) is 0.617. The smallest absolute Gasteiger partial charge is 0.248 e. The summed E-state index contributed by atoms with van der Waals surface area (Å²) in [6.45, 7) is 5.90. The molecule has 0 aromatic rings. The van der Waals surface area contributed by atoms with E-state index in [2.05, 4.69) is 5.32 Å². The Hall–Kier alpha value is -0.650. The predicted molar refractivity (Wildman–Crippen MR) is 70.6 cm³/mol. The second-order valence-corrected chi connectivity index (χ2v) is 4.68. The fourth-order valence-electron chi connectivity index (χ4n) is 2.09. The van der Waals surface area contributed by atoms with Gasteiger partial charge >= 0.3 is 0 Å². The summed E-state index contributed by atoms with van der Waals surface area (Å²) in [6, 6.07) is 0.428. The van der Waals surface area contributed by atoms with Crippen molar-refractivity contribution in [2.45, 2.75) is 32.2 Å². The number of rotatable bonds is 9. The summed E-state index contributed by atoms with van der Waals surface area (Å²) in [6.07, 6.45) is 3.28. The van der Waals surface area contributed by atoms with Crippen molar-refractivity contribution in [3.8, 4) is 0 Å². The number of carbonyl (C=O) groups excluding carboxylic acids is 1. The third-order valence-electron chi connectivity index (χ3n) is 3.10. The zero-order valence-corrected chi connectivity index (χ0v) is 11.6. The van der Waals surface area contributed by atoms with Gasteiger partial charge in [-0.05, 0) is 25.8 Å². The Morgan fingerprint density at radius 2 is 2.28 bits per heavy atom. The molecule has 1 aliphatic rings. The number of hydrogen-bond donors (Lipinski definition) is 1. The van der Waals surface area contributed by atoms with Crippen molar-refractivity contribution in [2.24, 2.45) is 0 Å². The van der Waals surface area contributed by atoms with Crippen LogP contribution in [0.25, 0.3) is 0 Å². The van der Waals surface area contributed by atoms with Gasteiger partial charge < -0.3 is 19.7 Å². The van der Waals surface area contributed by atoms with Gasteiger partial charge in [-0.3, -0.25) is 4.79 Å². The SMILES string of the molecule is CCCOCC(=O)N(CCOC)CC1CCCN1. The molecule has 1 amide bonds. The Morgan fingerprint density at radius 1 is 1.44 bits per heavy atom. The largest absolute Gasteiger partial charge is 0.383 e. The van der Waals surface area contributed by atoms with Crippen molar-refractivity contribution in [3.63, 3.8) is 0 Å². The van der Waals surface area contributed by atoms with Crippen LogP contribution in [0.5, 0.6) is 0 Å².